The summed E-state index contributed by atoms with van der Waals surface area (Å²) in [7, 11) is 0. The molecule has 0 aliphatic carbocycles. The first-order chi connectivity index (χ1) is 8.21. The van der Waals surface area contributed by atoms with E-state index in [4.69, 9.17) is 16.7 Å². The van der Waals surface area contributed by atoms with Gasteiger partial charge in [-0.05, 0) is 30.5 Å². The van der Waals surface area contributed by atoms with Gasteiger partial charge in [0.05, 0.1) is 10.6 Å². The number of benzene rings is 1. The number of phenolic OH excluding ortho intramolecular Hbond substituents is 1. The van der Waals surface area contributed by atoms with Gasteiger partial charge in [0.15, 0.2) is 0 Å². The van der Waals surface area contributed by atoms with Gasteiger partial charge in [-0.15, -0.1) is 0 Å². The number of hydrogen-bond donors (Lipinski definition) is 2. The van der Waals surface area contributed by atoms with Gasteiger partial charge in [0, 0.05) is 6.42 Å². The number of carboxylic acid groups (broad SMARTS) is 1. The van der Waals surface area contributed by atoms with Crippen LogP contribution in [0.15, 0.2) is 12.1 Å². The molecule has 0 amide bonds. The summed E-state index contributed by atoms with van der Waals surface area (Å²) in [5.74, 6) is -1.48. The number of halogens is 4. The number of aryl methyl sites for hydroxylation is 1. The first-order valence-corrected chi connectivity index (χ1v) is 5.40. The van der Waals surface area contributed by atoms with Gasteiger partial charge in [0.25, 0.3) is 0 Å². The molecule has 0 bridgehead atoms. The van der Waals surface area contributed by atoms with Crippen molar-refractivity contribution >= 4 is 17.6 Å². The van der Waals surface area contributed by atoms with Crippen molar-refractivity contribution in [1.82, 2.24) is 0 Å². The standard InChI is InChI=1S/C11H10ClF3O3/c12-8-5-7(11(13,14)15)4-6(10(8)18)2-1-3-9(16)17/h4-5,18H,1-3H2,(H,16,17). The molecule has 7 heteroatoms. The zero-order valence-electron chi connectivity index (χ0n) is 9.09. The van der Waals surface area contributed by atoms with Crippen LogP contribution >= 0.6 is 11.6 Å². The van der Waals surface area contributed by atoms with E-state index in [9.17, 15) is 23.1 Å². The molecular formula is C11H10ClF3O3. The average Bonchev–Trinajstić information content (AvgIpc) is 2.22. The van der Waals surface area contributed by atoms with E-state index >= 15 is 0 Å². The fourth-order valence-corrected chi connectivity index (χ4v) is 1.68. The van der Waals surface area contributed by atoms with E-state index in [1.54, 1.807) is 0 Å². The topological polar surface area (TPSA) is 57.5 Å². The molecule has 0 aliphatic heterocycles. The molecule has 0 saturated carbocycles. The van der Waals surface area contributed by atoms with E-state index in [0.717, 1.165) is 6.07 Å². The molecule has 0 spiro atoms. The zero-order chi connectivity index (χ0) is 13.9. The second-order valence-electron chi connectivity index (χ2n) is 3.71. The molecule has 3 nitrogen and oxygen atoms in total. The molecular weight excluding hydrogens is 273 g/mol. The normalized spacial score (nSPS) is 11.6. The third kappa shape index (κ3) is 3.80. The van der Waals surface area contributed by atoms with Crippen LogP contribution in [-0.2, 0) is 17.4 Å². The van der Waals surface area contributed by atoms with Gasteiger partial charge in [-0.1, -0.05) is 11.6 Å². The van der Waals surface area contributed by atoms with E-state index in [1.165, 1.54) is 0 Å². The first kappa shape index (κ1) is 14.6. The lowest BCUT2D eigenvalue weighted by atomic mass is 10.0. The highest BCUT2D eigenvalue weighted by Crippen LogP contribution is 2.37. The van der Waals surface area contributed by atoms with Crippen molar-refractivity contribution in [3.05, 3.63) is 28.3 Å². The maximum atomic E-state index is 12.5. The van der Waals surface area contributed by atoms with E-state index in [-0.39, 0.29) is 24.8 Å². The minimum absolute atomic E-state index is 0.00363. The number of phenols is 1. The Morgan fingerprint density at radius 2 is 1.94 bits per heavy atom. The Morgan fingerprint density at radius 3 is 2.44 bits per heavy atom. The summed E-state index contributed by atoms with van der Waals surface area (Å²) >= 11 is 5.50. The van der Waals surface area contributed by atoms with Gasteiger partial charge in [-0.2, -0.15) is 13.2 Å². The number of carboxylic acids is 1. The molecule has 100 valence electrons. The second kappa shape index (κ2) is 5.48. The molecule has 0 unspecified atom stereocenters. The van der Waals surface area contributed by atoms with Crippen molar-refractivity contribution in [2.45, 2.75) is 25.4 Å². The van der Waals surface area contributed by atoms with E-state index in [2.05, 4.69) is 0 Å². The average molecular weight is 283 g/mol. The Kier molecular flexibility index (Phi) is 4.45. The largest absolute Gasteiger partial charge is 0.506 e. The van der Waals surface area contributed by atoms with Crippen molar-refractivity contribution in [2.75, 3.05) is 0 Å². The summed E-state index contributed by atoms with van der Waals surface area (Å²) in [5, 5.41) is 17.5. The maximum Gasteiger partial charge on any atom is 0.416 e. The predicted molar refractivity (Wildman–Crippen MR) is 58.7 cm³/mol. The molecule has 1 aromatic rings. The molecule has 0 saturated heterocycles. The maximum absolute atomic E-state index is 12.5. The lowest BCUT2D eigenvalue weighted by Crippen LogP contribution is -2.06. The summed E-state index contributed by atoms with van der Waals surface area (Å²) in [5.41, 5.74) is -0.966. The third-order valence-electron chi connectivity index (χ3n) is 2.31. The lowest BCUT2D eigenvalue weighted by Gasteiger charge is -2.11. The Balaban J connectivity index is 2.96. The fraction of sp³-hybridized carbons (Fsp3) is 0.364. The molecule has 0 aliphatic rings. The van der Waals surface area contributed by atoms with Gasteiger partial charge in [0.2, 0.25) is 0 Å². The lowest BCUT2D eigenvalue weighted by molar-refractivity contribution is -0.138. The highest BCUT2D eigenvalue weighted by atomic mass is 35.5. The summed E-state index contributed by atoms with van der Waals surface area (Å²) in [4.78, 5) is 10.3. The van der Waals surface area contributed by atoms with Crippen molar-refractivity contribution in [1.29, 1.82) is 0 Å². The number of alkyl halides is 3. The SMILES string of the molecule is O=C(O)CCCc1cc(C(F)(F)F)cc(Cl)c1O. The molecule has 1 aromatic carbocycles. The minimum Gasteiger partial charge on any atom is -0.506 e. The van der Waals surface area contributed by atoms with Gasteiger partial charge in [-0.3, -0.25) is 4.79 Å². The van der Waals surface area contributed by atoms with Gasteiger partial charge in [-0.25, -0.2) is 0 Å². The zero-order valence-corrected chi connectivity index (χ0v) is 9.85. The van der Waals surface area contributed by atoms with Crippen LogP contribution in [0.5, 0.6) is 5.75 Å². The van der Waals surface area contributed by atoms with Crippen LogP contribution in [0, 0.1) is 0 Å². The molecule has 0 fully saturated rings. The molecule has 2 N–H and O–H groups in total. The Morgan fingerprint density at radius 1 is 1.33 bits per heavy atom. The number of carbonyl (C=O) groups is 1. The minimum atomic E-state index is -4.56. The van der Waals surface area contributed by atoms with Crippen LogP contribution in [-0.4, -0.2) is 16.2 Å². The van der Waals surface area contributed by atoms with E-state index in [0.29, 0.717) is 6.07 Å². The molecule has 1 rings (SSSR count). The predicted octanol–water partition coefficient (Wildman–Crippen LogP) is 3.47. The van der Waals surface area contributed by atoms with Crippen LogP contribution in [0.3, 0.4) is 0 Å². The van der Waals surface area contributed by atoms with Crippen LogP contribution in [0.25, 0.3) is 0 Å². The van der Waals surface area contributed by atoms with Crippen LogP contribution < -0.4 is 0 Å². The summed E-state index contributed by atoms with van der Waals surface area (Å²) < 4.78 is 37.5. The second-order valence-corrected chi connectivity index (χ2v) is 4.12. The number of rotatable bonds is 4. The van der Waals surface area contributed by atoms with Gasteiger partial charge in [0.1, 0.15) is 5.75 Å². The molecule has 0 heterocycles. The molecule has 18 heavy (non-hydrogen) atoms. The molecule has 0 radical (unpaired) electrons. The highest BCUT2D eigenvalue weighted by Gasteiger charge is 2.32. The summed E-state index contributed by atoms with van der Waals surface area (Å²) in [6.07, 6.45) is -4.60. The van der Waals surface area contributed by atoms with Crippen molar-refractivity contribution in [2.24, 2.45) is 0 Å². The number of aromatic hydroxyl groups is 1. The number of aliphatic carboxylic acids is 1. The Labute approximate surface area is 106 Å². The summed E-state index contributed by atoms with van der Waals surface area (Å²) in [6, 6.07) is 1.42. The van der Waals surface area contributed by atoms with E-state index < -0.39 is 28.5 Å². The van der Waals surface area contributed by atoms with Crippen molar-refractivity contribution in [3.8, 4) is 5.75 Å². The monoisotopic (exact) mass is 282 g/mol. The van der Waals surface area contributed by atoms with Crippen LogP contribution in [0.2, 0.25) is 5.02 Å². The van der Waals surface area contributed by atoms with Crippen LogP contribution in [0.4, 0.5) is 13.2 Å². The van der Waals surface area contributed by atoms with Gasteiger partial charge >= 0.3 is 12.1 Å². The van der Waals surface area contributed by atoms with E-state index in [1.807, 2.05) is 0 Å². The van der Waals surface area contributed by atoms with Crippen LogP contribution in [0.1, 0.15) is 24.0 Å². The highest BCUT2D eigenvalue weighted by molar-refractivity contribution is 6.32. The molecule has 0 atom stereocenters. The summed E-state index contributed by atoms with van der Waals surface area (Å²) in [6.45, 7) is 0. The Hall–Kier alpha value is -1.43. The molecule has 0 aromatic heterocycles. The smallest absolute Gasteiger partial charge is 0.416 e. The third-order valence-corrected chi connectivity index (χ3v) is 2.59. The van der Waals surface area contributed by atoms with Gasteiger partial charge < -0.3 is 10.2 Å². The quantitative estimate of drug-likeness (QED) is 0.889. The first-order valence-electron chi connectivity index (χ1n) is 5.02. The van der Waals surface area contributed by atoms with Crippen molar-refractivity contribution < 1.29 is 28.2 Å². The Bertz CT molecular complexity index is 458. The fourth-order valence-electron chi connectivity index (χ4n) is 1.44. The number of hydrogen-bond acceptors (Lipinski definition) is 2. The van der Waals surface area contributed by atoms with Crippen molar-refractivity contribution in [3.63, 3.8) is 0 Å².